The second-order valence-electron chi connectivity index (χ2n) is 3.16. The lowest BCUT2D eigenvalue weighted by Crippen LogP contribution is -2.07. The first kappa shape index (κ1) is 12.5. The van der Waals surface area contributed by atoms with Crippen LogP contribution in [0.1, 0.15) is 5.56 Å². The third-order valence-corrected chi connectivity index (χ3v) is 2.28. The van der Waals surface area contributed by atoms with E-state index in [1.54, 1.807) is 17.4 Å². The van der Waals surface area contributed by atoms with E-state index >= 15 is 0 Å². The molecule has 0 atom stereocenters. The Morgan fingerprint density at radius 1 is 1.62 bits per heavy atom. The molecule has 6 heteroatoms. The summed E-state index contributed by atoms with van der Waals surface area (Å²) < 4.78 is 5.65. The first-order valence-electron chi connectivity index (χ1n) is 4.43. The van der Waals surface area contributed by atoms with Crippen LogP contribution in [-0.4, -0.2) is 37.4 Å². The van der Waals surface area contributed by atoms with E-state index in [1.807, 2.05) is 20.2 Å². The molecule has 0 radical (unpaired) electrons. The quantitative estimate of drug-likeness (QED) is 0.628. The van der Waals surface area contributed by atoms with Crippen molar-refractivity contribution in [1.82, 2.24) is 9.88 Å². The lowest BCUT2D eigenvalue weighted by molar-refractivity contribution is 0.396. The second kappa shape index (κ2) is 5.47. The van der Waals surface area contributed by atoms with Gasteiger partial charge in [-0.3, -0.25) is 0 Å². The standard InChI is InChI=1S/C10H11BrN4O/c1-15(2)6-14-9-7(4-12)10(16-3)13-5-8(9)11/h5-6H,1-3H3/b14-6+. The molecule has 0 saturated heterocycles. The summed E-state index contributed by atoms with van der Waals surface area (Å²) in [6.07, 6.45) is 3.17. The molecule has 5 nitrogen and oxygen atoms in total. The Balaban J connectivity index is 3.30. The molecule has 0 fully saturated rings. The number of nitrogens with zero attached hydrogens (tertiary/aromatic N) is 4. The van der Waals surface area contributed by atoms with Gasteiger partial charge in [0.1, 0.15) is 17.3 Å². The van der Waals surface area contributed by atoms with Gasteiger partial charge in [-0.1, -0.05) is 0 Å². The minimum absolute atomic E-state index is 0.275. The maximum Gasteiger partial charge on any atom is 0.233 e. The minimum atomic E-state index is 0.275. The van der Waals surface area contributed by atoms with Crippen LogP contribution in [0.3, 0.4) is 0 Å². The first-order chi connectivity index (χ1) is 7.60. The van der Waals surface area contributed by atoms with E-state index in [0.717, 1.165) is 0 Å². The fraction of sp³-hybridized carbons (Fsp3) is 0.300. The number of pyridine rings is 1. The number of methoxy groups -OCH3 is 1. The molecule has 0 amide bonds. The van der Waals surface area contributed by atoms with Crippen LogP contribution in [0.25, 0.3) is 0 Å². The highest BCUT2D eigenvalue weighted by molar-refractivity contribution is 9.10. The Kier molecular flexibility index (Phi) is 4.26. The molecule has 0 aliphatic rings. The topological polar surface area (TPSA) is 61.5 Å². The Labute approximate surface area is 103 Å². The summed E-state index contributed by atoms with van der Waals surface area (Å²) in [5.74, 6) is 0.275. The number of ether oxygens (including phenoxy) is 1. The summed E-state index contributed by atoms with van der Waals surface area (Å²) in [7, 11) is 5.17. The largest absolute Gasteiger partial charge is 0.480 e. The number of aliphatic imine (C=N–C) groups is 1. The van der Waals surface area contributed by atoms with Crippen molar-refractivity contribution in [1.29, 1.82) is 5.26 Å². The van der Waals surface area contributed by atoms with E-state index < -0.39 is 0 Å². The molecule has 0 aliphatic heterocycles. The van der Waals surface area contributed by atoms with Crippen LogP contribution in [0.2, 0.25) is 0 Å². The smallest absolute Gasteiger partial charge is 0.233 e. The first-order valence-corrected chi connectivity index (χ1v) is 5.22. The zero-order valence-electron chi connectivity index (χ0n) is 9.23. The van der Waals surface area contributed by atoms with Crippen molar-refractivity contribution in [3.63, 3.8) is 0 Å². The number of nitriles is 1. The fourth-order valence-electron chi connectivity index (χ4n) is 1.02. The molecule has 0 unspecified atom stereocenters. The van der Waals surface area contributed by atoms with Crippen molar-refractivity contribution < 1.29 is 4.74 Å². The normalized spacial score (nSPS) is 10.2. The number of hydrogen-bond acceptors (Lipinski definition) is 4. The van der Waals surface area contributed by atoms with Gasteiger partial charge in [-0.05, 0) is 15.9 Å². The van der Waals surface area contributed by atoms with Crippen LogP contribution < -0.4 is 4.74 Å². The van der Waals surface area contributed by atoms with Crippen LogP contribution >= 0.6 is 15.9 Å². The molecule has 0 bridgehead atoms. The molecule has 1 heterocycles. The Morgan fingerprint density at radius 3 is 2.81 bits per heavy atom. The highest BCUT2D eigenvalue weighted by Gasteiger charge is 2.13. The predicted molar refractivity (Wildman–Crippen MR) is 65.0 cm³/mol. The highest BCUT2D eigenvalue weighted by atomic mass is 79.9. The third kappa shape index (κ3) is 2.70. The van der Waals surface area contributed by atoms with Crippen LogP contribution in [0.4, 0.5) is 5.69 Å². The molecule has 0 N–H and O–H groups in total. The average molecular weight is 283 g/mol. The average Bonchev–Trinajstić information content (AvgIpc) is 2.26. The lowest BCUT2D eigenvalue weighted by Gasteiger charge is -2.07. The van der Waals surface area contributed by atoms with Gasteiger partial charge in [0.15, 0.2) is 0 Å². The van der Waals surface area contributed by atoms with Gasteiger partial charge >= 0.3 is 0 Å². The SMILES string of the molecule is COc1ncc(Br)c(/N=C/N(C)C)c1C#N. The van der Waals surface area contributed by atoms with E-state index in [2.05, 4.69) is 25.9 Å². The Hall–Kier alpha value is -1.61. The number of aromatic nitrogens is 1. The van der Waals surface area contributed by atoms with Gasteiger partial charge < -0.3 is 9.64 Å². The van der Waals surface area contributed by atoms with E-state index in [1.165, 1.54) is 7.11 Å². The van der Waals surface area contributed by atoms with Crippen molar-refractivity contribution in [2.24, 2.45) is 4.99 Å². The molecular weight excluding hydrogens is 272 g/mol. The summed E-state index contributed by atoms with van der Waals surface area (Å²) in [5.41, 5.74) is 0.832. The van der Waals surface area contributed by atoms with Crippen molar-refractivity contribution in [3.8, 4) is 11.9 Å². The lowest BCUT2D eigenvalue weighted by atomic mass is 10.2. The molecule has 0 saturated carbocycles. The number of hydrogen-bond donors (Lipinski definition) is 0. The molecule has 0 aromatic carbocycles. The van der Waals surface area contributed by atoms with Crippen LogP contribution in [0.15, 0.2) is 15.7 Å². The maximum atomic E-state index is 9.04. The van der Waals surface area contributed by atoms with Crippen LogP contribution in [0, 0.1) is 11.3 Å². The molecule has 1 aromatic rings. The summed E-state index contributed by atoms with van der Waals surface area (Å²) in [4.78, 5) is 9.95. The zero-order chi connectivity index (χ0) is 12.1. The molecule has 0 aliphatic carbocycles. The van der Waals surface area contributed by atoms with Crippen molar-refractivity contribution >= 4 is 28.0 Å². The second-order valence-corrected chi connectivity index (χ2v) is 4.01. The number of rotatable bonds is 3. The molecule has 1 rings (SSSR count). The van der Waals surface area contributed by atoms with E-state index in [-0.39, 0.29) is 5.88 Å². The molecule has 16 heavy (non-hydrogen) atoms. The fourth-order valence-corrected chi connectivity index (χ4v) is 1.42. The van der Waals surface area contributed by atoms with E-state index in [4.69, 9.17) is 10.00 Å². The van der Waals surface area contributed by atoms with Gasteiger partial charge in [0, 0.05) is 20.3 Å². The zero-order valence-corrected chi connectivity index (χ0v) is 10.8. The van der Waals surface area contributed by atoms with Crippen molar-refractivity contribution in [2.75, 3.05) is 21.2 Å². The minimum Gasteiger partial charge on any atom is -0.480 e. The molecule has 84 valence electrons. The van der Waals surface area contributed by atoms with Crippen LogP contribution in [0.5, 0.6) is 5.88 Å². The van der Waals surface area contributed by atoms with E-state index in [0.29, 0.717) is 15.7 Å². The third-order valence-electron chi connectivity index (χ3n) is 1.69. The van der Waals surface area contributed by atoms with Crippen LogP contribution in [-0.2, 0) is 0 Å². The Morgan fingerprint density at radius 2 is 2.31 bits per heavy atom. The van der Waals surface area contributed by atoms with Crippen molar-refractivity contribution in [3.05, 3.63) is 16.2 Å². The molecule has 0 spiro atoms. The summed E-state index contributed by atoms with van der Waals surface area (Å²) in [6, 6.07) is 2.03. The van der Waals surface area contributed by atoms with Gasteiger partial charge in [0.2, 0.25) is 5.88 Å². The van der Waals surface area contributed by atoms with Gasteiger partial charge in [0.25, 0.3) is 0 Å². The van der Waals surface area contributed by atoms with Gasteiger partial charge in [-0.15, -0.1) is 0 Å². The summed E-state index contributed by atoms with van der Waals surface area (Å²) in [5, 5.41) is 9.04. The molecule has 1 aromatic heterocycles. The summed E-state index contributed by atoms with van der Waals surface area (Å²) >= 11 is 3.30. The van der Waals surface area contributed by atoms with Gasteiger partial charge in [0.05, 0.1) is 17.9 Å². The predicted octanol–water partition coefficient (Wildman–Crippen LogP) is 1.95. The Bertz CT molecular complexity index is 451. The van der Waals surface area contributed by atoms with Crippen molar-refractivity contribution in [2.45, 2.75) is 0 Å². The highest BCUT2D eigenvalue weighted by Crippen LogP contribution is 2.33. The monoisotopic (exact) mass is 282 g/mol. The van der Waals surface area contributed by atoms with Gasteiger partial charge in [-0.25, -0.2) is 9.98 Å². The number of halogens is 1. The van der Waals surface area contributed by atoms with E-state index in [9.17, 15) is 0 Å². The van der Waals surface area contributed by atoms with Gasteiger partial charge in [-0.2, -0.15) is 5.26 Å². The maximum absolute atomic E-state index is 9.04. The molecular formula is C10H11BrN4O. The summed E-state index contributed by atoms with van der Waals surface area (Å²) in [6.45, 7) is 0.